The van der Waals surface area contributed by atoms with Crippen LogP contribution in [0.5, 0.6) is 0 Å². The second-order valence-corrected chi connectivity index (χ2v) is 7.24. The Morgan fingerprint density at radius 1 is 1.07 bits per heavy atom. The monoisotopic (exact) mass is 376 g/mol. The molecule has 0 unspecified atom stereocenters. The molecule has 3 aromatic rings. The molecular formula is C21H24N6O. The third kappa shape index (κ3) is 3.94. The highest BCUT2D eigenvalue weighted by Gasteiger charge is 2.23. The molecule has 28 heavy (non-hydrogen) atoms. The number of carbonyl (C=O) groups is 1. The van der Waals surface area contributed by atoms with Gasteiger partial charge in [0.2, 0.25) is 5.91 Å². The standard InChI is InChI=1S/C21H24N6O/c1-22-20-13-23-12-18(25-20)15-3-4-16-11-24-19(10-17(16)9-15)26-21(28)14-5-7-27(2)8-6-14/h3-4,9-14H,5-8H2,1-2H3,(H,22,25)(H,24,26,28). The predicted octanol–water partition coefficient (Wildman–Crippen LogP) is 3.01. The van der Waals surface area contributed by atoms with Crippen LogP contribution in [0, 0.1) is 5.92 Å². The van der Waals surface area contributed by atoms with E-state index in [0.29, 0.717) is 5.82 Å². The first kappa shape index (κ1) is 18.3. The number of hydrogen-bond donors (Lipinski definition) is 2. The summed E-state index contributed by atoms with van der Waals surface area (Å²) in [6.07, 6.45) is 7.00. The molecule has 1 amide bonds. The molecule has 1 aliphatic heterocycles. The molecule has 0 aliphatic carbocycles. The number of fused-ring (bicyclic) bond motifs is 1. The number of nitrogens with one attached hydrogen (secondary N) is 2. The zero-order valence-electron chi connectivity index (χ0n) is 16.1. The van der Waals surface area contributed by atoms with E-state index < -0.39 is 0 Å². The zero-order chi connectivity index (χ0) is 19.5. The summed E-state index contributed by atoms with van der Waals surface area (Å²) in [5.74, 6) is 1.42. The van der Waals surface area contributed by atoms with Gasteiger partial charge in [-0.3, -0.25) is 9.78 Å². The third-order valence-electron chi connectivity index (χ3n) is 5.25. The first-order chi connectivity index (χ1) is 13.6. The molecule has 2 aromatic heterocycles. The van der Waals surface area contributed by atoms with Crippen LogP contribution >= 0.6 is 0 Å². The minimum Gasteiger partial charge on any atom is -0.372 e. The molecule has 2 N–H and O–H groups in total. The number of hydrogen-bond acceptors (Lipinski definition) is 6. The quantitative estimate of drug-likeness (QED) is 0.728. The Kier molecular flexibility index (Phi) is 5.16. The minimum absolute atomic E-state index is 0.0552. The predicted molar refractivity (Wildman–Crippen MR) is 111 cm³/mol. The summed E-state index contributed by atoms with van der Waals surface area (Å²) in [7, 11) is 3.91. The van der Waals surface area contributed by atoms with Crippen LogP contribution in [0.3, 0.4) is 0 Å². The lowest BCUT2D eigenvalue weighted by Crippen LogP contribution is -2.36. The number of likely N-dealkylation sites (tertiary alicyclic amines) is 1. The molecule has 0 atom stereocenters. The fourth-order valence-corrected chi connectivity index (χ4v) is 3.49. The molecule has 1 aromatic carbocycles. The Morgan fingerprint density at radius 3 is 2.68 bits per heavy atom. The number of benzene rings is 1. The Hall–Kier alpha value is -3.06. The minimum atomic E-state index is 0.0552. The molecule has 4 rings (SSSR count). The fourth-order valence-electron chi connectivity index (χ4n) is 3.49. The van der Waals surface area contributed by atoms with Gasteiger partial charge in [-0.25, -0.2) is 9.97 Å². The van der Waals surface area contributed by atoms with Gasteiger partial charge in [0.1, 0.15) is 11.6 Å². The van der Waals surface area contributed by atoms with Crippen LogP contribution in [0.4, 0.5) is 11.6 Å². The summed E-state index contributed by atoms with van der Waals surface area (Å²) in [4.78, 5) is 28.0. The molecule has 7 nitrogen and oxygen atoms in total. The summed E-state index contributed by atoms with van der Waals surface area (Å²) in [5.41, 5.74) is 1.76. The Balaban J connectivity index is 1.56. The molecular weight excluding hydrogens is 352 g/mol. The van der Waals surface area contributed by atoms with Crippen molar-refractivity contribution in [3.05, 3.63) is 42.9 Å². The summed E-state index contributed by atoms with van der Waals surface area (Å²) >= 11 is 0. The van der Waals surface area contributed by atoms with E-state index in [4.69, 9.17) is 0 Å². The molecule has 3 heterocycles. The van der Waals surface area contributed by atoms with Crippen molar-refractivity contribution in [2.75, 3.05) is 37.8 Å². The molecule has 144 valence electrons. The van der Waals surface area contributed by atoms with Gasteiger partial charge in [-0.2, -0.15) is 0 Å². The van der Waals surface area contributed by atoms with Crippen LogP contribution in [-0.2, 0) is 4.79 Å². The molecule has 1 fully saturated rings. The largest absolute Gasteiger partial charge is 0.372 e. The average Bonchev–Trinajstić information content (AvgIpc) is 2.73. The van der Waals surface area contributed by atoms with Gasteiger partial charge >= 0.3 is 0 Å². The lowest BCUT2D eigenvalue weighted by atomic mass is 9.96. The van der Waals surface area contributed by atoms with E-state index in [0.717, 1.165) is 53.8 Å². The van der Waals surface area contributed by atoms with Gasteiger partial charge in [0, 0.05) is 30.1 Å². The van der Waals surface area contributed by atoms with Crippen LogP contribution in [-0.4, -0.2) is 52.9 Å². The second kappa shape index (κ2) is 7.90. The van der Waals surface area contributed by atoms with E-state index >= 15 is 0 Å². The number of carbonyl (C=O) groups excluding carboxylic acids is 1. The van der Waals surface area contributed by atoms with Crippen molar-refractivity contribution < 1.29 is 4.79 Å². The Morgan fingerprint density at radius 2 is 1.89 bits per heavy atom. The van der Waals surface area contributed by atoms with Crippen LogP contribution in [0.25, 0.3) is 22.0 Å². The van der Waals surface area contributed by atoms with E-state index in [2.05, 4.69) is 37.5 Å². The van der Waals surface area contributed by atoms with Gasteiger partial charge in [-0.15, -0.1) is 0 Å². The van der Waals surface area contributed by atoms with Crippen molar-refractivity contribution >= 4 is 28.3 Å². The Labute approximate surface area is 164 Å². The number of anilines is 2. The lowest BCUT2D eigenvalue weighted by Gasteiger charge is -2.27. The molecule has 0 radical (unpaired) electrons. The highest BCUT2D eigenvalue weighted by Crippen LogP contribution is 2.25. The molecule has 1 saturated heterocycles. The van der Waals surface area contributed by atoms with Gasteiger partial charge in [-0.1, -0.05) is 12.1 Å². The SMILES string of the molecule is CNc1cncc(-c2ccc3cnc(NC(=O)C4CCN(C)CC4)cc3c2)n1. The summed E-state index contributed by atoms with van der Waals surface area (Å²) in [5, 5.41) is 8.01. The van der Waals surface area contributed by atoms with E-state index in [9.17, 15) is 4.79 Å². The highest BCUT2D eigenvalue weighted by molar-refractivity contribution is 5.95. The van der Waals surface area contributed by atoms with Crippen molar-refractivity contribution in [3.63, 3.8) is 0 Å². The smallest absolute Gasteiger partial charge is 0.228 e. The normalized spacial score (nSPS) is 15.5. The first-order valence-electron chi connectivity index (χ1n) is 9.52. The van der Waals surface area contributed by atoms with Gasteiger partial charge in [0.15, 0.2) is 0 Å². The van der Waals surface area contributed by atoms with E-state index in [1.165, 1.54) is 0 Å². The molecule has 7 heteroatoms. The number of rotatable bonds is 4. The maximum absolute atomic E-state index is 12.6. The van der Waals surface area contributed by atoms with Gasteiger partial charge in [0.05, 0.1) is 18.1 Å². The van der Waals surface area contributed by atoms with Crippen LogP contribution in [0.2, 0.25) is 0 Å². The van der Waals surface area contributed by atoms with Gasteiger partial charge in [0.25, 0.3) is 0 Å². The first-order valence-corrected chi connectivity index (χ1v) is 9.52. The molecule has 0 saturated carbocycles. The van der Waals surface area contributed by atoms with Crippen molar-refractivity contribution in [1.82, 2.24) is 19.9 Å². The maximum Gasteiger partial charge on any atom is 0.228 e. The van der Waals surface area contributed by atoms with Crippen molar-refractivity contribution in [2.24, 2.45) is 5.92 Å². The third-order valence-corrected chi connectivity index (χ3v) is 5.25. The molecule has 1 aliphatic rings. The van der Waals surface area contributed by atoms with Crippen molar-refractivity contribution in [3.8, 4) is 11.3 Å². The van der Waals surface area contributed by atoms with Crippen LogP contribution in [0.15, 0.2) is 42.9 Å². The average molecular weight is 376 g/mol. The van der Waals surface area contributed by atoms with E-state index in [-0.39, 0.29) is 11.8 Å². The Bertz CT molecular complexity index is 997. The summed E-state index contributed by atoms with van der Waals surface area (Å²) in [6.45, 7) is 1.92. The fraction of sp³-hybridized carbons (Fsp3) is 0.333. The number of aromatic nitrogens is 3. The summed E-state index contributed by atoms with van der Waals surface area (Å²) in [6, 6.07) is 7.98. The van der Waals surface area contributed by atoms with Crippen molar-refractivity contribution in [2.45, 2.75) is 12.8 Å². The zero-order valence-corrected chi connectivity index (χ0v) is 16.1. The van der Waals surface area contributed by atoms with Gasteiger partial charge < -0.3 is 15.5 Å². The lowest BCUT2D eigenvalue weighted by molar-refractivity contribution is -0.121. The number of piperidine rings is 1. The number of amides is 1. The van der Waals surface area contributed by atoms with E-state index in [1.807, 2.05) is 31.3 Å². The number of nitrogens with zero attached hydrogens (tertiary/aromatic N) is 4. The topological polar surface area (TPSA) is 83.0 Å². The van der Waals surface area contributed by atoms with E-state index in [1.54, 1.807) is 18.6 Å². The molecule has 0 bridgehead atoms. The number of pyridine rings is 1. The van der Waals surface area contributed by atoms with Gasteiger partial charge in [-0.05, 0) is 50.5 Å². The maximum atomic E-state index is 12.6. The second-order valence-electron chi connectivity index (χ2n) is 7.24. The highest BCUT2D eigenvalue weighted by atomic mass is 16.1. The molecule has 0 spiro atoms. The van der Waals surface area contributed by atoms with Crippen LogP contribution < -0.4 is 10.6 Å². The van der Waals surface area contributed by atoms with Crippen molar-refractivity contribution in [1.29, 1.82) is 0 Å². The summed E-state index contributed by atoms with van der Waals surface area (Å²) < 4.78 is 0. The van der Waals surface area contributed by atoms with Crippen LogP contribution in [0.1, 0.15) is 12.8 Å².